The molecule has 1 heterocycles. The second-order valence-corrected chi connectivity index (χ2v) is 5.37. The number of carbonyl (C=O) groups excluding carboxylic acids is 1. The summed E-state index contributed by atoms with van der Waals surface area (Å²) in [6.45, 7) is 7.20. The Labute approximate surface area is 115 Å². The summed E-state index contributed by atoms with van der Waals surface area (Å²) in [6.07, 6.45) is 0.621. The molecule has 0 aromatic heterocycles. The van der Waals surface area contributed by atoms with Crippen molar-refractivity contribution >= 4 is 5.91 Å². The lowest BCUT2D eigenvalue weighted by molar-refractivity contribution is -0.136. The first-order valence-corrected chi connectivity index (χ1v) is 7.09. The van der Waals surface area contributed by atoms with E-state index < -0.39 is 0 Å². The van der Waals surface area contributed by atoms with E-state index in [1.165, 1.54) is 5.56 Å². The smallest absolute Gasteiger partial charge is 0.223 e. The molecule has 2 atom stereocenters. The minimum Gasteiger partial charge on any atom is -0.378 e. The summed E-state index contributed by atoms with van der Waals surface area (Å²) in [4.78, 5) is 14.1. The van der Waals surface area contributed by atoms with Crippen LogP contribution in [0.3, 0.4) is 0 Å². The second-order valence-electron chi connectivity index (χ2n) is 5.37. The average Bonchev–Trinajstić information content (AvgIpc) is 2.48. The van der Waals surface area contributed by atoms with Gasteiger partial charge in [-0.15, -0.1) is 0 Å². The number of hydrogen-bond donors (Lipinski definition) is 0. The third-order valence-corrected chi connectivity index (χ3v) is 4.04. The summed E-state index contributed by atoms with van der Waals surface area (Å²) in [5, 5.41) is 0. The van der Waals surface area contributed by atoms with Gasteiger partial charge in [-0.1, -0.05) is 44.2 Å². The Morgan fingerprint density at radius 3 is 2.47 bits per heavy atom. The predicted octanol–water partition coefficient (Wildman–Crippen LogP) is 2.68. The molecule has 0 spiro atoms. The molecule has 1 aliphatic rings. The fourth-order valence-electron chi connectivity index (χ4n) is 2.48. The van der Waals surface area contributed by atoms with Gasteiger partial charge in [0.15, 0.2) is 0 Å². The number of amides is 1. The Morgan fingerprint density at radius 1 is 1.21 bits per heavy atom. The molecule has 1 aromatic carbocycles. The van der Waals surface area contributed by atoms with Gasteiger partial charge in [0.2, 0.25) is 5.91 Å². The predicted molar refractivity (Wildman–Crippen MR) is 76.0 cm³/mol. The minimum atomic E-state index is 0.263. The van der Waals surface area contributed by atoms with Gasteiger partial charge in [0.1, 0.15) is 0 Å². The van der Waals surface area contributed by atoms with Gasteiger partial charge in [-0.2, -0.15) is 0 Å². The van der Waals surface area contributed by atoms with Gasteiger partial charge in [-0.25, -0.2) is 0 Å². The lowest BCUT2D eigenvalue weighted by Gasteiger charge is -2.29. The molecule has 1 saturated heterocycles. The Morgan fingerprint density at radius 2 is 1.84 bits per heavy atom. The number of morpholine rings is 1. The van der Waals surface area contributed by atoms with E-state index in [-0.39, 0.29) is 5.91 Å². The Balaban J connectivity index is 1.89. The first kappa shape index (κ1) is 14.1. The van der Waals surface area contributed by atoms with E-state index in [9.17, 15) is 4.79 Å². The fourth-order valence-corrected chi connectivity index (χ4v) is 2.48. The van der Waals surface area contributed by atoms with Crippen molar-refractivity contribution in [3.05, 3.63) is 35.9 Å². The molecule has 0 aliphatic carbocycles. The highest BCUT2D eigenvalue weighted by Crippen LogP contribution is 2.26. The largest absolute Gasteiger partial charge is 0.378 e. The van der Waals surface area contributed by atoms with Gasteiger partial charge < -0.3 is 9.64 Å². The van der Waals surface area contributed by atoms with E-state index in [0.29, 0.717) is 31.5 Å². The van der Waals surface area contributed by atoms with E-state index in [4.69, 9.17) is 4.74 Å². The average molecular weight is 261 g/mol. The molecule has 0 N–H and O–H groups in total. The lowest BCUT2D eigenvalue weighted by atomic mass is 9.86. The quantitative estimate of drug-likeness (QED) is 0.834. The number of carbonyl (C=O) groups is 1. The van der Waals surface area contributed by atoms with Crippen molar-refractivity contribution in [3.8, 4) is 0 Å². The highest BCUT2D eigenvalue weighted by Gasteiger charge is 2.22. The molecule has 1 fully saturated rings. The van der Waals surface area contributed by atoms with Gasteiger partial charge in [0.05, 0.1) is 13.2 Å². The van der Waals surface area contributed by atoms with Gasteiger partial charge >= 0.3 is 0 Å². The van der Waals surface area contributed by atoms with Crippen molar-refractivity contribution in [2.75, 3.05) is 26.3 Å². The highest BCUT2D eigenvalue weighted by molar-refractivity contribution is 5.76. The van der Waals surface area contributed by atoms with Crippen LogP contribution in [0.1, 0.15) is 31.7 Å². The summed E-state index contributed by atoms with van der Waals surface area (Å²) < 4.78 is 5.28. The van der Waals surface area contributed by atoms with Gasteiger partial charge in [0.25, 0.3) is 0 Å². The van der Waals surface area contributed by atoms with Crippen molar-refractivity contribution in [1.29, 1.82) is 0 Å². The molecular weight excluding hydrogens is 238 g/mol. The minimum absolute atomic E-state index is 0.263. The number of rotatable bonds is 4. The number of hydrogen-bond acceptors (Lipinski definition) is 2. The van der Waals surface area contributed by atoms with Crippen LogP contribution in [0.2, 0.25) is 0 Å². The first-order valence-electron chi connectivity index (χ1n) is 7.09. The molecule has 1 aliphatic heterocycles. The van der Waals surface area contributed by atoms with Crippen molar-refractivity contribution in [3.63, 3.8) is 0 Å². The molecule has 2 rings (SSSR count). The van der Waals surface area contributed by atoms with Crippen LogP contribution in [0.4, 0.5) is 0 Å². The third-order valence-electron chi connectivity index (χ3n) is 4.04. The summed E-state index contributed by atoms with van der Waals surface area (Å²) in [7, 11) is 0. The van der Waals surface area contributed by atoms with Crippen LogP contribution in [0.5, 0.6) is 0 Å². The zero-order chi connectivity index (χ0) is 13.7. The summed E-state index contributed by atoms with van der Waals surface area (Å²) >= 11 is 0. The van der Waals surface area contributed by atoms with Crippen molar-refractivity contribution in [2.45, 2.75) is 26.2 Å². The molecule has 0 radical (unpaired) electrons. The molecule has 3 heteroatoms. The molecule has 1 amide bonds. The van der Waals surface area contributed by atoms with Crippen LogP contribution in [0, 0.1) is 5.92 Å². The summed E-state index contributed by atoms with van der Waals surface area (Å²) in [5.41, 5.74) is 1.31. The van der Waals surface area contributed by atoms with Crippen LogP contribution in [0.25, 0.3) is 0 Å². The second kappa shape index (κ2) is 6.71. The van der Waals surface area contributed by atoms with Crippen LogP contribution < -0.4 is 0 Å². The maximum absolute atomic E-state index is 12.2. The first-order chi connectivity index (χ1) is 9.18. The van der Waals surface area contributed by atoms with E-state index in [1.54, 1.807) is 0 Å². The van der Waals surface area contributed by atoms with Crippen LogP contribution >= 0.6 is 0 Å². The lowest BCUT2D eigenvalue weighted by Crippen LogP contribution is -2.41. The molecule has 3 nitrogen and oxygen atoms in total. The van der Waals surface area contributed by atoms with Crippen molar-refractivity contribution in [1.82, 2.24) is 4.90 Å². The number of nitrogens with zero attached hydrogens (tertiary/aromatic N) is 1. The monoisotopic (exact) mass is 261 g/mol. The Kier molecular flexibility index (Phi) is 4.97. The molecule has 104 valence electrons. The Hall–Kier alpha value is -1.35. The SMILES string of the molecule is C[C@H](c1ccccc1)[C@@H](C)CC(=O)N1CCOCC1. The van der Waals surface area contributed by atoms with Crippen LogP contribution in [-0.2, 0) is 9.53 Å². The molecule has 19 heavy (non-hydrogen) atoms. The van der Waals surface area contributed by atoms with E-state index in [0.717, 1.165) is 13.1 Å². The number of benzene rings is 1. The van der Waals surface area contributed by atoms with Gasteiger partial charge in [-0.05, 0) is 17.4 Å². The van der Waals surface area contributed by atoms with E-state index >= 15 is 0 Å². The zero-order valence-electron chi connectivity index (χ0n) is 11.8. The van der Waals surface area contributed by atoms with Crippen molar-refractivity contribution in [2.24, 2.45) is 5.92 Å². The standard InChI is InChI=1S/C16H23NO2/c1-13(14(2)15-6-4-3-5-7-15)12-16(18)17-8-10-19-11-9-17/h3-7,13-14H,8-12H2,1-2H3/t13-,14-/m0/s1. The molecule has 0 unspecified atom stereocenters. The molecule has 1 aromatic rings. The van der Waals surface area contributed by atoms with Crippen molar-refractivity contribution < 1.29 is 9.53 Å². The third kappa shape index (κ3) is 3.80. The van der Waals surface area contributed by atoms with E-state index in [2.05, 4.69) is 38.1 Å². The maximum Gasteiger partial charge on any atom is 0.223 e. The maximum atomic E-state index is 12.2. The molecular formula is C16H23NO2. The fraction of sp³-hybridized carbons (Fsp3) is 0.562. The molecule has 0 bridgehead atoms. The topological polar surface area (TPSA) is 29.5 Å². The zero-order valence-corrected chi connectivity index (χ0v) is 11.8. The molecule has 0 saturated carbocycles. The normalized spacial score (nSPS) is 18.9. The Bertz CT molecular complexity index is 398. The highest BCUT2D eigenvalue weighted by atomic mass is 16.5. The van der Waals surface area contributed by atoms with Crippen LogP contribution in [0.15, 0.2) is 30.3 Å². The summed E-state index contributed by atoms with van der Waals surface area (Å²) in [5.74, 6) is 1.03. The van der Waals surface area contributed by atoms with Gasteiger partial charge in [-0.3, -0.25) is 4.79 Å². The number of ether oxygens (including phenoxy) is 1. The van der Waals surface area contributed by atoms with Gasteiger partial charge in [0, 0.05) is 19.5 Å². The van der Waals surface area contributed by atoms with Crippen LogP contribution in [-0.4, -0.2) is 37.1 Å². The summed E-state index contributed by atoms with van der Waals surface area (Å²) in [6, 6.07) is 10.4. The van der Waals surface area contributed by atoms with E-state index in [1.807, 2.05) is 11.0 Å².